The molecule has 3 aliphatic rings. The van der Waals surface area contributed by atoms with Crippen molar-refractivity contribution in [1.82, 2.24) is 34.1 Å². The number of rotatable bonds is 9. The van der Waals surface area contributed by atoms with E-state index < -0.39 is 17.9 Å². The number of para-hydroxylation sites is 1. The molecule has 1 unspecified atom stereocenters. The van der Waals surface area contributed by atoms with Gasteiger partial charge in [0.05, 0.1) is 41.1 Å². The maximum absolute atomic E-state index is 13.5. The van der Waals surface area contributed by atoms with Crippen LogP contribution in [0, 0.1) is 17.2 Å². The number of benzene rings is 2. The van der Waals surface area contributed by atoms with Gasteiger partial charge < -0.3 is 19.9 Å². The predicted octanol–water partition coefficient (Wildman–Crippen LogP) is 4.53. The molecular formula is C41H46N10O5. The summed E-state index contributed by atoms with van der Waals surface area (Å²) in [5.74, 6) is -0.0499. The molecule has 3 amide bonds. The fourth-order valence-electron chi connectivity index (χ4n) is 8.93. The number of carbonyl (C=O) groups is 3. The van der Waals surface area contributed by atoms with Gasteiger partial charge in [-0.25, -0.2) is 9.78 Å². The number of imidazole rings is 1. The van der Waals surface area contributed by atoms with E-state index in [4.69, 9.17) is 15.1 Å². The van der Waals surface area contributed by atoms with Crippen LogP contribution in [-0.2, 0) is 16.6 Å². The van der Waals surface area contributed by atoms with Crippen molar-refractivity contribution in [2.75, 3.05) is 44.0 Å². The third-order valence-corrected chi connectivity index (χ3v) is 12.0. The number of carbonyl (C=O) groups excluding carboxylic acids is 3. The average molecular weight is 759 g/mol. The standard InChI is InChI=1S/C41H46N10O5/c1-47(28-16-18-49(19-17-28)33-8-5-9-34-38(33)48(2)41(55)51(34)35-14-15-37(52)45-40(35)54)23-25-10-12-29(13-11-25)50-24-26-20-32(36(56-3)21-31(26)46-50)44-39(53)30-7-4-6-27(22-42)43-30/h4-9,20-21,24-25,28-29,35H,10-19,23H2,1-3H3,(H,44,53)(H,45,52,54). The summed E-state index contributed by atoms with van der Waals surface area (Å²) in [6, 6.07) is 16.4. The van der Waals surface area contributed by atoms with Crippen LogP contribution in [0.1, 0.15) is 79.6 Å². The molecule has 2 N–H and O–H groups in total. The monoisotopic (exact) mass is 758 g/mol. The van der Waals surface area contributed by atoms with Gasteiger partial charge in [0.1, 0.15) is 29.2 Å². The lowest BCUT2D eigenvalue weighted by atomic mass is 9.85. The van der Waals surface area contributed by atoms with Crippen LogP contribution in [0.2, 0.25) is 0 Å². The summed E-state index contributed by atoms with van der Waals surface area (Å²) in [6.45, 7) is 2.78. The predicted molar refractivity (Wildman–Crippen MR) is 211 cm³/mol. The van der Waals surface area contributed by atoms with E-state index in [1.54, 1.807) is 41.5 Å². The van der Waals surface area contributed by atoms with E-state index >= 15 is 0 Å². The van der Waals surface area contributed by atoms with E-state index in [1.807, 2.05) is 36.5 Å². The Bertz CT molecular complexity index is 2430. The number of fused-ring (bicyclic) bond motifs is 2. The first-order valence-corrected chi connectivity index (χ1v) is 19.4. The topological polar surface area (TPSA) is 172 Å². The van der Waals surface area contributed by atoms with Crippen LogP contribution < -0.4 is 26.0 Å². The Morgan fingerprint density at radius 3 is 2.54 bits per heavy atom. The number of hydrogen-bond acceptors (Lipinski definition) is 10. The summed E-state index contributed by atoms with van der Waals surface area (Å²) < 4.78 is 10.9. The number of methoxy groups -OCH3 is 1. The van der Waals surface area contributed by atoms with Gasteiger partial charge >= 0.3 is 5.69 Å². The molecule has 0 bridgehead atoms. The smallest absolute Gasteiger partial charge is 0.329 e. The molecule has 1 aliphatic carbocycles. The van der Waals surface area contributed by atoms with Crippen molar-refractivity contribution >= 4 is 51.0 Å². The molecule has 0 spiro atoms. The van der Waals surface area contributed by atoms with Crippen molar-refractivity contribution in [3.8, 4) is 11.8 Å². The van der Waals surface area contributed by atoms with E-state index in [0.717, 1.165) is 80.3 Å². The molecule has 15 nitrogen and oxygen atoms in total. The lowest BCUT2D eigenvalue weighted by Crippen LogP contribution is -2.45. The maximum Gasteiger partial charge on any atom is 0.329 e. The van der Waals surface area contributed by atoms with E-state index in [1.165, 1.54) is 0 Å². The minimum Gasteiger partial charge on any atom is -0.494 e. The summed E-state index contributed by atoms with van der Waals surface area (Å²) in [5, 5.41) is 20.3. The quantitative estimate of drug-likeness (QED) is 0.204. The number of pyridine rings is 1. The summed E-state index contributed by atoms with van der Waals surface area (Å²) >= 11 is 0. The van der Waals surface area contributed by atoms with Crippen LogP contribution >= 0.6 is 0 Å². The van der Waals surface area contributed by atoms with Gasteiger partial charge in [0.25, 0.3) is 5.91 Å². The highest BCUT2D eigenvalue weighted by Crippen LogP contribution is 2.37. The average Bonchev–Trinajstić information content (AvgIpc) is 3.75. The first-order chi connectivity index (χ1) is 27.1. The van der Waals surface area contributed by atoms with Crippen LogP contribution in [0.3, 0.4) is 0 Å². The fourth-order valence-corrected chi connectivity index (χ4v) is 8.93. The number of anilines is 2. The first-order valence-electron chi connectivity index (χ1n) is 19.4. The Balaban J connectivity index is 0.867. The SMILES string of the molecule is COc1cc2nn(C3CCC(CN(C)C4CCN(c5cccc6c5n(C)c(=O)n6C5CCC(=O)NC5=O)CC4)CC3)cc2cc1NC(=O)c1cccc(C#N)n1. The normalized spacial score (nSPS) is 20.7. The second-order valence-corrected chi connectivity index (χ2v) is 15.4. The number of amides is 3. The molecule has 5 aromatic rings. The van der Waals surface area contributed by atoms with Crippen molar-refractivity contribution in [3.05, 3.63) is 76.6 Å². The van der Waals surface area contributed by atoms with Gasteiger partial charge in [-0.3, -0.25) is 33.5 Å². The molecule has 2 aromatic carbocycles. The lowest BCUT2D eigenvalue weighted by Gasteiger charge is -2.40. The lowest BCUT2D eigenvalue weighted by molar-refractivity contribution is -0.135. The molecule has 2 aliphatic heterocycles. The molecular weight excluding hydrogens is 713 g/mol. The zero-order chi connectivity index (χ0) is 39.1. The van der Waals surface area contributed by atoms with Crippen LogP contribution in [0.5, 0.6) is 5.75 Å². The van der Waals surface area contributed by atoms with Crippen LogP contribution in [-0.4, -0.2) is 86.4 Å². The van der Waals surface area contributed by atoms with Crippen molar-refractivity contribution in [2.24, 2.45) is 13.0 Å². The molecule has 8 rings (SSSR count). The molecule has 1 saturated carbocycles. The second kappa shape index (κ2) is 15.3. The van der Waals surface area contributed by atoms with Crippen LogP contribution in [0.4, 0.5) is 11.4 Å². The second-order valence-electron chi connectivity index (χ2n) is 15.4. The Morgan fingerprint density at radius 2 is 1.80 bits per heavy atom. The van der Waals surface area contributed by atoms with E-state index in [0.29, 0.717) is 35.3 Å². The molecule has 2 saturated heterocycles. The number of aromatic nitrogens is 5. The minimum atomic E-state index is -0.703. The number of piperidine rings is 2. The van der Waals surface area contributed by atoms with Gasteiger partial charge in [0.2, 0.25) is 11.8 Å². The summed E-state index contributed by atoms with van der Waals surface area (Å²) in [6.07, 6.45) is 8.90. The number of imide groups is 1. The molecule has 3 fully saturated rings. The third kappa shape index (κ3) is 7.01. The van der Waals surface area contributed by atoms with Gasteiger partial charge in [-0.15, -0.1) is 0 Å². The first kappa shape index (κ1) is 36.9. The van der Waals surface area contributed by atoms with Gasteiger partial charge in [-0.1, -0.05) is 12.1 Å². The Labute approximate surface area is 323 Å². The third-order valence-electron chi connectivity index (χ3n) is 12.0. The van der Waals surface area contributed by atoms with E-state index in [2.05, 4.69) is 43.2 Å². The molecule has 0 radical (unpaired) electrons. The number of aryl methyl sites for hydroxylation is 1. The van der Waals surface area contributed by atoms with Gasteiger partial charge in [-0.2, -0.15) is 10.4 Å². The number of ether oxygens (including phenoxy) is 1. The highest BCUT2D eigenvalue weighted by Gasteiger charge is 2.33. The zero-order valence-electron chi connectivity index (χ0n) is 31.9. The molecule has 56 heavy (non-hydrogen) atoms. The van der Waals surface area contributed by atoms with Crippen molar-refractivity contribution < 1.29 is 19.1 Å². The van der Waals surface area contributed by atoms with E-state index in [-0.39, 0.29) is 35.4 Å². The summed E-state index contributed by atoms with van der Waals surface area (Å²) in [4.78, 5) is 59.9. The van der Waals surface area contributed by atoms with Crippen molar-refractivity contribution in [1.29, 1.82) is 5.26 Å². The van der Waals surface area contributed by atoms with Crippen LogP contribution in [0.25, 0.3) is 21.9 Å². The van der Waals surface area contributed by atoms with Gasteiger partial charge in [-0.05, 0) is 88.2 Å². The number of hydrogen-bond donors (Lipinski definition) is 2. The Morgan fingerprint density at radius 1 is 1.04 bits per heavy atom. The molecule has 290 valence electrons. The number of nitrogens with one attached hydrogen (secondary N) is 2. The van der Waals surface area contributed by atoms with Crippen molar-refractivity contribution in [2.45, 2.75) is 69.5 Å². The van der Waals surface area contributed by atoms with Gasteiger partial charge in [0.15, 0.2) is 0 Å². The van der Waals surface area contributed by atoms with Crippen molar-refractivity contribution in [3.63, 3.8) is 0 Å². The maximum atomic E-state index is 13.5. The summed E-state index contributed by atoms with van der Waals surface area (Å²) in [5.41, 5.74) is 3.91. The molecule has 5 heterocycles. The van der Waals surface area contributed by atoms with E-state index in [9.17, 15) is 19.2 Å². The Kier molecular flexibility index (Phi) is 10.1. The number of nitriles is 1. The fraction of sp³-hybridized carbons (Fsp3) is 0.439. The molecule has 15 heteroatoms. The zero-order valence-corrected chi connectivity index (χ0v) is 31.9. The van der Waals surface area contributed by atoms with Crippen LogP contribution in [0.15, 0.2) is 59.5 Å². The highest BCUT2D eigenvalue weighted by atomic mass is 16.5. The number of nitrogens with zero attached hydrogens (tertiary/aromatic N) is 8. The largest absolute Gasteiger partial charge is 0.494 e. The highest BCUT2D eigenvalue weighted by molar-refractivity contribution is 6.05. The summed E-state index contributed by atoms with van der Waals surface area (Å²) in [7, 11) is 5.56. The Hall–Kier alpha value is -6.01. The van der Waals surface area contributed by atoms with Gasteiger partial charge in [0, 0.05) is 56.8 Å². The molecule has 3 aromatic heterocycles. The molecule has 1 atom stereocenters. The minimum absolute atomic E-state index is 0.151.